The van der Waals surface area contributed by atoms with Crippen LogP contribution in [0.25, 0.3) is 0 Å². The van der Waals surface area contributed by atoms with Crippen molar-refractivity contribution >= 4 is 23.5 Å². The number of anilines is 2. The van der Waals surface area contributed by atoms with Crippen LogP contribution >= 0.6 is 11.6 Å². The van der Waals surface area contributed by atoms with Crippen LogP contribution < -0.4 is 10.6 Å². The lowest BCUT2D eigenvalue weighted by Gasteiger charge is -2.32. The molecule has 94 valence electrons. The zero-order valence-electron chi connectivity index (χ0n) is 9.77. The molecular formula is C10H16ClN5O. The Hall–Kier alpha value is -1.14. The van der Waals surface area contributed by atoms with Gasteiger partial charge in [0.2, 0.25) is 17.2 Å². The predicted molar refractivity (Wildman–Crippen MR) is 66.1 cm³/mol. The second-order valence-corrected chi connectivity index (χ2v) is 4.51. The van der Waals surface area contributed by atoms with E-state index < -0.39 is 0 Å². The van der Waals surface area contributed by atoms with Crippen molar-refractivity contribution in [1.82, 2.24) is 15.0 Å². The average molecular weight is 258 g/mol. The molecule has 0 spiro atoms. The third-order valence-electron chi connectivity index (χ3n) is 2.82. The summed E-state index contributed by atoms with van der Waals surface area (Å²) in [7, 11) is 1.72. The summed E-state index contributed by atoms with van der Waals surface area (Å²) in [6.45, 7) is 2.54. The molecule has 1 fully saturated rings. The van der Waals surface area contributed by atoms with Gasteiger partial charge in [0.25, 0.3) is 0 Å². The molecule has 2 heterocycles. The third kappa shape index (κ3) is 3.17. The van der Waals surface area contributed by atoms with Crippen LogP contribution in [0.1, 0.15) is 12.8 Å². The Balaban J connectivity index is 2.10. The van der Waals surface area contributed by atoms with E-state index in [2.05, 4.69) is 19.9 Å². The van der Waals surface area contributed by atoms with Crippen LogP contribution in [0.5, 0.6) is 0 Å². The second-order valence-electron chi connectivity index (χ2n) is 4.17. The lowest BCUT2D eigenvalue weighted by atomic mass is 9.99. The fourth-order valence-electron chi connectivity index (χ4n) is 2.11. The monoisotopic (exact) mass is 257 g/mol. The number of hydrogen-bond acceptors (Lipinski definition) is 6. The smallest absolute Gasteiger partial charge is 0.231 e. The van der Waals surface area contributed by atoms with Crippen LogP contribution in [0, 0.1) is 5.92 Å². The Labute approximate surface area is 105 Å². The number of hydrogen-bond donors (Lipinski definition) is 1. The molecule has 6 nitrogen and oxygen atoms in total. The molecule has 0 aromatic carbocycles. The van der Waals surface area contributed by atoms with Gasteiger partial charge in [0.1, 0.15) is 0 Å². The fourth-order valence-corrected chi connectivity index (χ4v) is 2.28. The number of halogens is 1. The normalized spacial score (nSPS) is 20.6. The first-order chi connectivity index (χ1) is 8.19. The van der Waals surface area contributed by atoms with Crippen LogP contribution in [0.3, 0.4) is 0 Å². The van der Waals surface area contributed by atoms with E-state index in [9.17, 15) is 0 Å². The molecule has 0 aliphatic carbocycles. The molecule has 0 bridgehead atoms. The van der Waals surface area contributed by atoms with Gasteiger partial charge >= 0.3 is 0 Å². The third-order valence-corrected chi connectivity index (χ3v) is 2.99. The SMILES string of the molecule is COCC1CCCN(c2nc(N)nc(Cl)n2)C1. The molecule has 0 saturated carbocycles. The number of nitrogens with zero attached hydrogens (tertiary/aromatic N) is 4. The summed E-state index contributed by atoms with van der Waals surface area (Å²) in [6.07, 6.45) is 2.26. The van der Waals surface area contributed by atoms with Crippen molar-refractivity contribution in [2.75, 3.05) is 37.4 Å². The minimum Gasteiger partial charge on any atom is -0.384 e. The fraction of sp³-hybridized carbons (Fsp3) is 0.700. The van der Waals surface area contributed by atoms with Crippen LogP contribution in [-0.4, -0.2) is 41.8 Å². The van der Waals surface area contributed by atoms with E-state index in [0.717, 1.165) is 26.1 Å². The Morgan fingerprint density at radius 3 is 3.00 bits per heavy atom. The molecule has 1 aliphatic heterocycles. The van der Waals surface area contributed by atoms with Crippen LogP contribution in [-0.2, 0) is 4.74 Å². The van der Waals surface area contributed by atoms with E-state index in [0.29, 0.717) is 11.9 Å². The highest BCUT2D eigenvalue weighted by Gasteiger charge is 2.22. The Bertz CT molecular complexity index is 367. The lowest BCUT2D eigenvalue weighted by molar-refractivity contribution is 0.143. The molecule has 0 radical (unpaired) electrons. The highest BCUT2D eigenvalue weighted by atomic mass is 35.5. The number of piperidine rings is 1. The zero-order chi connectivity index (χ0) is 12.3. The van der Waals surface area contributed by atoms with Crippen LogP contribution in [0.2, 0.25) is 5.28 Å². The molecule has 7 heteroatoms. The summed E-state index contributed by atoms with van der Waals surface area (Å²) < 4.78 is 5.18. The number of nitrogens with two attached hydrogens (primary N) is 1. The van der Waals surface area contributed by atoms with Crippen molar-refractivity contribution in [2.45, 2.75) is 12.8 Å². The maximum atomic E-state index is 5.77. The zero-order valence-corrected chi connectivity index (χ0v) is 10.5. The molecule has 0 amide bonds. The summed E-state index contributed by atoms with van der Waals surface area (Å²) in [5, 5.41) is 0.140. The van der Waals surface area contributed by atoms with E-state index in [1.165, 1.54) is 6.42 Å². The molecule has 1 aliphatic rings. The predicted octanol–water partition coefficient (Wildman–Crippen LogP) is 0.970. The summed E-state index contributed by atoms with van der Waals surface area (Å²) in [4.78, 5) is 14.0. The minimum absolute atomic E-state index is 0.140. The first-order valence-corrected chi connectivity index (χ1v) is 5.97. The first-order valence-electron chi connectivity index (χ1n) is 5.60. The van der Waals surface area contributed by atoms with E-state index in [1.807, 2.05) is 0 Å². The van der Waals surface area contributed by atoms with Crippen molar-refractivity contribution in [2.24, 2.45) is 5.92 Å². The van der Waals surface area contributed by atoms with E-state index in [-0.39, 0.29) is 11.2 Å². The number of aromatic nitrogens is 3. The molecule has 1 aromatic heterocycles. The van der Waals surface area contributed by atoms with Gasteiger partial charge < -0.3 is 15.4 Å². The molecule has 1 saturated heterocycles. The van der Waals surface area contributed by atoms with Crippen molar-refractivity contribution in [1.29, 1.82) is 0 Å². The van der Waals surface area contributed by atoms with Gasteiger partial charge in [0, 0.05) is 20.2 Å². The van der Waals surface area contributed by atoms with Crippen molar-refractivity contribution in [3.8, 4) is 0 Å². The number of nitrogen functional groups attached to an aromatic ring is 1. The molecule has 1 aromatic rings. The number of rotatable bonds is 3. The topological polar surface area (TPSA) is 77.2 Å². The van der Waals surface area contributed by atoms with Gasteiger partial charge in [0.15, 0.2) is 0 Å². The van der Waals surface area contributed by atoms with Crippen molar-refractivity contribution in [3.63, 3.8) is 0 Å². The average Bonchev–Trinajstić information content (AvgIpc) is 2.28. The molecule has 1 atom stereocenters. The number of methoxy groups -OCH3 is 1. The molecule has 17 heavy (non-hydrogen) atoms. The molecule has 1 unspecified atom stereocenters. The highest BCUT2D eigenvalue weighted by molar-refractivity contribution is 6.28. The number of ether oxygens (including phenoxy) is 1. The van der Waals surface area contributed by atoms with Gasteiger partial charge in [0.05, 0.1) is 6.61 Å². The quantitative estimate of drug-likeness (QED) is 0.870. The Morgan fingerprint density at radius 2 is 2.29 bits per heavy atom. The molecule has 2 N–H and O–H groups in total. The Kier molecular flexibility index (Phi) is 3.96. The van der Waals surface area contributed by atoms with Crippen molar-refractivity contribution in [3.05, 3.63) is 5.28 Å². The van der Waals surface area contributed by atoms with Gasteiger partial charge in [-0.3, -0.25) is 0 Å². The van der Waals surface area contributed by atoms with Gasteiger partial charge in [-0.2, -0.15) is 15.0 Å². The van der Waals surface area contributed by atoms with Crippen LogP contribution in [0.15, 0.2) is 0 Å². The largest absolute Gasteiger partial charge is 0.384 e. The Morgan fingerprint density at radius 1 is 1.47 bits per heavy atom. The highest BCUT2D eigenvalue weighted by Crippen LogP contribution is 2.21. The lowest BCUT2D eigenvalue weighted by Crippen LogP contribution is -2.38. The molecular weight excluding hydrogens is 242 g/mol. The molecule has 2 rings (SSSR count). The first kappa shape index (κ1) is 12.3. The van der Waals surface area contributed by atoms with E-state index in [4.69, 9.17) is 22.1 Å². The summed E-state index contributed by atoms with van der Waals surface area (Å²) >= 11 is 5.77. The maximum Gasteiger partial charge on any atom is 0.231 e. The van der Waals surface area contributed by atoms with E-state index >= 15 is 0 Å². The minimum atomic E-state index is 0.140. The maximum absolute atomic E-state index is 5.77. The second kappa shape index (κ2) is 5.46. The van der Waals surface area contributed by atoms with Gasteiger partial charge in [-0.05, 0) is 30.4 Å². The van der Waals surface area contributed by atoms with E-state index in [1.54, 1.807) is 7.11 Å². The van der Waals surface area contributed by atoms with Gasteiger partial charge in [-0.1, -0.05) is 0 Å². The van der Waals surface area contributed by atoms with Crippen LogP contribution in [0.4, 0.5) is 11.9 Å². The summed E-state index contributed by atoms with van der Waals surface area (Å²) in [5.41, 5.74) is 5.56. The standard InChI is InChI=1S/C10H16ClN5O/c1-17-6-7-3-2-4-16(5-7)10-14-8(11)13-9(12)15-10/h7H,2-6H2,1H3,(H2,12,13,14,15). The summed E-state index contributed by atoms with van der Waals surface area (Å²) in [5.74, 6) is 1.22. The van der Waals surface area contributed by atoms with Gasteiger partial charge in [-0.25, -0.2) is 0 Å². The summed E-state index contributed by atoms with van der Waals surface area (Å²) in [6, 6.07) is 0. The van der Waals surface area contributed by atoms with Crippen molar-refractivity contribution < 1.29 is 4.74 Å². The van der Waals surface area contributed by atoms with Gasteiger partial charge in [-0.15, -0.1) is 0 Å².